The van der Waals surface area contributed by atoms with Crippen LogP contribution >= 0.6 is 12.4 Å². The predicted octanol–water partition coefficient (Wildman–Crippen LogP) is 0.222. The number of halogens is 1. The number of carbonyl (C=O) groups is 1. The maximum atomic E-state index is 11.0. The second kappa shape index (κ2) is 3.96. The fourth-order valence-electron chi connectivity index (χ4n) is 1.64. The molecule has 1 N–H and O–H groups in total. The summed E-state index contributed by atoms with van der Waals surface area (Å²) in [7, 11) is 0. The molecule has 2 heterocycles. The van der Waals surface area contributed by atoms with E-state index in [-0.39, 0.29) is 18.5 Å². The Labute approximate surface area is 77.7 Å². The van der Waals surface area contributed by atoms with Crippen LogP contribution in [0, 0.1) is 0 Å². The first-order valence-electron chi connectivity index (χ1n) is 4.02. The summed E-state index contributed by atoms with van der Waals surface area (Å²) in [6.45, 7) is 3.28. The molecule has 0 spiro atoms. The van der Waals surface area contributed by atoms with E-state index in [4.69, 9.17) is 4.74 Å². The lowest BCUT2D eigenvalue weighted by Gasteiger charge is -2.19. The SMILES string of the molecule is Cl.O=C1OCCN1[C@@H]1CCNC1. The molecule has 0 saturated carbocycles. The lowest BCUT2D eigenvalue weighted by atomic mass is 10.2. The Morgan fingerprint density at radius 1 is 1.58 bits per heavy atom. The minimum absolute atomic E-state index is 0. The van der Waals surface area contributed by atoms with Crippen molar-refractivity contribution in [3.63, 3.8) is 0 Å². The third kappa shape index (κ3) is 1.64. The van der Waals surface area contributed by atoms with Crippen molar-refractivity contribution in [1.29, 1.82) is 0 Å². The van der Waals surface area contributed by atoms with Crippen LogP contribution in [0.15, 0.2) is 0 Å². The fraction of sp³-hybridized carbons (Fsp3) is 0.857. The van der Waals surface area contributed by atoms with Crippen LogP contribution in [-0.2, 0) is 4.74 Å². The van der Waals surface area contributed by atoms with Crippen molar-refractivity contribution < 1.29 is 9.53 Å². The van der Waals surface area contributed by atoms with Crippen LogP contribution in [-0.4, -0.2) is 43.3 Å². The number of cyclic esters (lactones) is 1. The van der Waals surface area contributed by atoms with Gasteiger partial charge in [0.15, 0.2) is 0 Å². The summed E-state index contributed by atoms with van der Waals surface area (Å²) in [6.07, 6.45) is 0.924. The van der Waals surface area contributed by atoms with E-state index in [1.54, 1.807) is 0 Å². The summed E-state index contributed by atoms with van der Waals surface area (Å²) in [5.41, 5.74) is 0. The van der Waals surface area contributed by atoms with Gasteiger partial charge in [0.2, 0.25) is 0 Å². The van der Waals surface area contributed by atoms with Crippen molar-refractivity contribution in [1.82, 2.24) is 10.2 Å². The molecule has 12 heavy (non-hydrogen) atoms. The summed E-state index contributed by atoms with van der Waals surface area (Å²) in [5, 5.41) is 3.22. The first-order valence-corrected chi connectivity index (χ1v) is 4.02. The molecular formula is C7H13ClN2O2. The molecule has 2 rings (SSSR count). The van der Waals surface area contributed by atoms with E-state index in [2.05, 4.69) is 5.32 Å². The summed E-state index contributed by atoms with van der Waals surface area (Å²) < 4.78 is 4.84. The first-order chi connectivity index (χ1) is 5.38. The third-order valence-corrected chi connectivity index (χ3v) is 2.27. The minimum atomic E-state index is -0.140. The molecular weight excluding hydrogens is 180 g/mol. The molecule has 4 nitrogen and oxygen atoms in total. The molecule has 0 bridgehead atoms. The van der Waals surface area contributed by atoms with Crippen LogP contribution in [0.3, 0.4) is 0 Å². The largest absolute Gasteiger partial charge is 0.448 e. The van der Waals surface area contributed by atoms with E-state index in [0.717, 1.165) is 26.1 Å². The van der Waals surface area contributed by atoms with Gasteiger partial charge in [0, 0.05) is 12.6 Å². The zero-order valence-corrected chi connectivity index (χ0v) is 7.60. The Kier molecular flexibility index (Phi) is 3.17. The van der Waals surface area contributed by atoms with E-state index >= 15 is 0 Å². The topological polar surface area (TPSA) is 41.6 Å². The molecule has 0 aromatic carbocycles. The van der Waals surface area contributed by atoms with E-state index in [1.165, 1.54) is 0 Å². The van der Waals surface area contributed by atoms with Gasteiger partial charge in [-0.15, -0.1) is 12.4 Å². The highest BCUT2D eigenvalue weighted by molar-refractivity contribution is 5.85. The van der Waals surface area contributed by atoms with E-state index in [0.29, 0.717) is 12.6 Å². The van der Waals surface area contributed by atoms with E-state index < -0.39 is 0 Å². The predicted molar refractivity (Wildman–Crippen MR) is 46.6 cm³/mol. The molecule has 5 heteroatoms. The maximum Gasteiger partial charge on any atom is 0.410 e. The highest BCUT2D eigenvalue weighted by Gasteiger charge is 2.31. The maximum absolute atomic E-state index is 11.0. The molecule has 1 amide bonds. The van der Waals surface area contributed by atoms with Gasteiger partial charge in [-0.05, 0) is 13.0 Å². The van der Waals surface area contributed by atoms with Gasteiger partial charge in [0.1, 0.15) is 6.61 Å². The van der Waals surface area contributed by atoms with Gasteiger partial charge in [0.05, 0.1) is 6.54 Å². The normalized spacial score (nSPS) is 28.5. The van der Waals surface area contributed by atoms with Gasteiger partial charge in [-0.2, -0.15) is 0 Å². The number of hydrogen-bond acceptors (Lipinski definition) is 3. The van der Waals surface area contributed by atoms with Crippen molar-refractivity contribution in [3.8, 4) is 0 Å². The van der Waals surface area contributed by atoms with E-state index in [1.807, 2.05) is 4.90 Å². The monoisotopic (exact) mass is 192 g/mol. The van der Waals surface area contributed by atoms with Crippen LogP contribution in [0.2, 0.25) is 0 Å². The van der Waals surface area contributed by atoms with Gasteiger partial charge in [-0.1, -0.05) is 0 Å². The number of carbonyl (C=O) groups excluding carboxylic acids is 1. The van der Waals surface area contributed by atoms with Crippen LogP contribution in [0.4, 0.5) is 4.79 Å². The van der Waals surface area contributed by atoms with Crippen molar-refractivity contribution in [3.05, 3.63) is 0 Å². The molecule has 2 fully saturated rings. The number of hydrogen-bond donors (Lipinski definition) is 1. The molecule has 0 unspecified atom stereocenters. The number of nitrogens with one attached hydrogen (secondary N) is 1. The molecule has 0 aromatic heterocycles. The molecule has 2 aliphatic rings. The molecule has 2 saturated heterocycles. The van der Waals surface area contributed by atoms with Gasteiger partial charge >= 0.3 is 6.09 Å². The number of ether oxygens (including phenoxy) is 1. The molecule has 70 valence electrons. The number of rotatable bonds is 1. The Hall–Kier alpha value is -0.480. The van der Waals surface area contributed by atoms with Gasteiger partial charge < -0.3 is 15.0 Å². The average Bonchev–Trinajstić information content (AvgIpc) is 2.55. The van der Waals surface area contributed by atoms with E-state index in [9.17, 15) is 4.79 Å². The zero-order chi connectivity index (χ0) is 7.68. The summed E-state index contributed by atoms with van der Waals surface area (Å²) >= 11 is 0. The molecule has 0 aromatic rings. The average molecular weight is 193 g/mol. The van der Waals surface area contributed by atoms with Crippen LogP contribution < -0.4 is 5.32 Å². The molecule has 2 aliphatic heterocycles. The summed E-state index contributed by atoms with van der Waals surface area (Å²) in [4.78, 5) is 12.9. The van der Waals surface area contributed by atoms with Crippen LogP contribution in [0.25, 0.3) is 0 Å². The standard InChI is InChI=1S/C7H12N2O2.ClH/c10-7-9(3-4-11-7)6-1-2-8-5-6;/h6,8H,1-5H2;1H/t6-;/m1./s1. The third-order valence-electron chi connectivity index (χ3n) is 2.27. The fourth-order valence-corrected chi connectivity index (χ4v) is 1.64. The van der Waals surface area contributed by atoms with Gasteiger partial charge in [-0.3, -0.25) is 0 Å². The van der Waals surface area contributed by atoms with Crippen molar-refractivity contribution in [2.45, 2.75) is 12.5 Å². The molecule has 0 radical (unpaired) electrons. The van der Waals surface area contributed by atoms with Crippen LogP contribution in [0.1, 0.15) is 6.42 Å². The lowest BCUT2D eigenvalue weighted by Crippen LogP contribution is -2.37. The van der Waals surface area contributed by atoms with Gasteiger partial charge in [-0.25, -0.2) is 4.79 Å². The molecule has 1 atom stereocenters. The number of nitrogens with zero attached hydrogens (tertiary/aromatic N) is 1. The smallest absolute Gasteiger partial charge is 0.410 e. The van der Waals surface area contributed by atoms with Crippen LogP contribution in [0.5, 0.6) is 0 Å². The first kappa shape index (κ1) is 9.61. The lowest BCUT2D eigenvalue weighted by molar-refractivity contribution is 0.150. The quantitative estimate of drug-likeness (QED) is 0.647. The zero-order valence-electron chi connectivity index (χ0n) is 6.78. The van der Waals surface area contributed by atoms with Crippen molar-refractivity contribution in [2.24, 2.45) is 0 Å². The highest BCUT2D eigenvalue weighted by atomic mass is 35.5. The highest BCUT2D eigenvalue weighted by Crippen LogP contribution is 2.13. The Bertz CT molecular complexity index is 171. The van der Waals surface area contributed by atoms with Crippen molar-refractivity contribution in [2.75, 3.05) is 26.2 Å². The van der Waals surface area contributed by atoms with Gasteiger partial charge in [0.25, 0.3) is 0 Å². The molecule has 0 aliphatic carbocycles. The Morgan fingerprint density at radius 2 is 2.42 bits per heavy atom. The summed E-state index contributed by atoms with van der Waals surface area (Å²) in [5.74, 6) is 0. The summed E-state index contributed by atoms with van der Waals surface area (Å²) in [6, 6.07) is 0.380. The minimum Gasteiger partial charge on any atom is -0.448 e. The number of amides is 1. The van der Waals surface area contributed by atoms with Crippen molar-refractivity contribution >= 4 is 18.5 Å². The Morgan fingerprint density at radius 3 is 2.92 bits per heavy atom. The second-order valence-electron chi connectivity index (χ2n) is 2.95. The second-order valence-corrected chi connectivity index (χ2v) is 2.95. The Balaban J connectivity index is 0.000000720.